The third-order valence-electron chi connectivity index (χ3n) is 3.75. The molecule has 3 rings (SSSR count). The maximum Gasteiger partial charge on any atom is 0.248 e. The van der Waals surface area contributed by atoms with E-state index in [9.17, 15) is 0 Å². The number of ether oxygens (including phenoxy) is 2. The van der Waals surface area contributed by atoms with Gasteiger partial charge in [0.1, 0.15) is 11.5 Å². The number of anilines is 3. The summed E-state index contributed by atoms with van der Waals surface area (Å²) in [6.45, 7) is 7.85. The fraction of sp³-hybridized carbons (Fsp3) is 0.286. The summed E-state index contributed by atoms with van der Waals surface area (Å²) in [6, 6.07) is 14.6. The maximum absolute atomic E-state index is 8.94. The number of rotatable bonds is 7. The van der Waals surface area contributed by atoms with Gasteiger partial charge in [-0.15, -0.1) is 5.10 Å². The summed E-state index contributed by atoms with van der Waals surface area (Å²) in [5, 5.41) is 16.5. The molecule has 0 amide bonds. The Bertz CT molecular complexity index is 990. The van der Waals surface area contributed by atoms with Crippen LogP contribution in [0.1, 0.15) is 33.3 Å². The zero-order chi connectivity index (χ0) is 21.0. The molecule has 0 aliphatic rings. The van der Waals surface area contributed by atoms with Crippen molar-refractivity contribution >= 4 is 17.6 Å². The third-order valence-corrected chi connectivity index (χ3v) is 3.75. The highest BCUT2D eigenvalue weighted by molar-refractivity contribution is 5.60. The van der Waals surface area contributed by atoms with E-state index in [1.165, 1.54) is 4.68 Å². The molecule has 1 heterocycles. The van der Waals surface area contributed by atoms with E-state index in [1.807, 2.05) is 45.9 Å². The van der Waals surface area contributed by atoms with Gasteiger partial charge in [0.15, 0.2) is 0 Å². The molecule has 0 bridgehead atoms. The lowest BCUT2D eigenvalue weighted by atomic mass is 10.2. The van der Waals surface area contributed by atoms with Crippen LogP contribution in [0, 0.1) is 11.3 Å². The van der Waals surface area contributed by atoms with E-state index in [4.69, 9.17) is 20.5 Å². The van der Waals surface area contributed by atoms with Crippen LogP contribution in [0.3, 0.4) is 0 Å². The molecule has 29 heavy (non-hydrogen) atoms. The van der Waals surface area contributed by atoms with Gasteiger partial charge in [0.25, 0.3) is 0 Å². The number of benzene rings is 2. The van der Waals surface area contributed by atoms with Crippen LogP contribution < -0.4 is 20.5 Å². The molecule has 0 saturated carbocycles. The SMILES string of the molecule is CC(C)Oc1cc(Nc2nc(N)n(-c3ccc(C#N)cc3)n2)cc(OC(C)C)c1. The van der Waals surface area contributed by atoms with E-state index >= 15 is 0 Å². The summed E-state index contributed by atoms with van der Waals surface area (Å²) in [4.78, 5) is 4.28. The van der Waals surface area contributed by atoms with Crippen molar-refractivity contribution in [3.05, 3.63) is 48.0 Å². The van der Waals surface area contributed by atoms with Gasteiger partial charge in [0.05, 0.1) is 29.5 Å². The summed E-state index contributed by atoms with van der Waals surface area (Å²) in [5.74, 6) is 1.93. The number of nitrogens with zero attached hydrogens (tertiary/aromatic N) is 4. The van der Waals surface area contributed by atoms with Crippen LogP contribution in [0.5, 0.6) is 11.5 Å². The Morgan fingerprint density at radius 1 is 1.00 bits per heavy atom. The van der Waals surface area contributed by atoms with Gasteiger partial charge >= 0.3 is 0 Å². The number of hydrogen-bond acceptors (Lipinski definition) is 7. The van der Waals surface area contributed by atoms with Crippen molar-refractivity contribution in [1.29, 1.82) is 5.26 Å². The molecule has 0 fully saturated rings. The van der Waals surface area contributed by atoms with E-state index < -0.39 is 0 Å². The number of nitriles is 1. The Balaban J connectivity index is 1.88. The van der Waals surface area contributed by atoms with Crippen molar-refractivity contribution in [3.63, 3.8) is 0 Å². The molecule has 0 unspecified atom stereocenters. The molecule has 8 heteroatoms. The lowest BCUT2D eigenvalue weighted by Gasteiger charge is -2.15. The molecule has 8 nitrogen and oxygen atoms in total. The van der Waals surface area contributed by atoms with Gasteiger partial charge in [-0.25, -0.2) is 0 Å². The number of nitrogens with one attached hydrogen (secondary N) is 1. The molecule has 1 aromatic heterocycles. The van der Waals surface area contributed by atoms with Gasteiger partial charge in [-0.2, -0.15) is 14.9 Å². The van der Waals surface area contributed by atoms with Gasteiger partial charge < -0.3 is 20.5 Å². The molecule has 0 aliphatic heterocycles. The number of nitrogen functional groups attached to an aromatic ring is 1. The van der Waals surface area contributed by atoms with Crippen LogP contribution in [0.4, 0.5) is 17.6 Å². The van der Waals surface area contributed by atoms with Gasteiger partial charge in [0, 0.05) is 23.9 Å². The second-order valence-corrected chi connectivity index (χ2v) is 7.02. The van der Waals surface area contributed by atoms with Gasteiger partial charge in [-0.3, -0.25) is 0 Å². The zero-order valence-corrected chi connectivity index (χ0v) is 16.9. The Morgan fingerprint density at radius 2 is 1.59 bits per heavy atom. The first kappa shape index (κ1) is 20.0. The van der Waals surface area contributed by atoms with Gasteiger partial charge in [0.2, 0.25) is 11.9 Å². The molecule has 150 valence electrons. The summed E-state index contributed by atoms with van der Waals surface area (Å²) >= 11 is 0. The Labute approximate surface area is 169 Å². The maximum atomic E-state index is 8.94. The quantitative estimate of drug-likeness (QED) is 0.624. The zero-order valence-electron chi connectivity index (χ0n) is 16.9. The van der Waals surface area contributed by atoms with E-state index in [2.05, 4.69) is 21.5 Å². The number of aromatic nitrogens is 3. The highest BCUT2D eigenvalue weighted by Gasteiger charge is 2.12. The number of hydrogen-bond donors (Lipinski definition) is 2. The van der Waals surface area contributed by atoms with Crippen LogP contribution in [0.2, 0.25) is 0 Å². The monoisotopic (exact) mass is 392 g/mol. The van der Waals surface area contributed by atoms with E-state index in [0.717, 1.165) is 5.69 Å². The van der Waals surface area contributed by atoms with Crippen LogP contribution in [-0.2, 0) is 0 Å². The van der Waals surface area contributed by atoms with Crippen molar-refractivity contribution in [2.75, 3.05) is 11.1 Å². The first-order chi connectivity index (χ1) is 13.8. The van der Waals surface area contributed by atoms with Crippen molar-refractivity contribution in [3.8, 4) is 23.3 Å². The van der Waals surface area contributed by atoms with Crippen LogP contribution in [0.15, 0.2) is 42.5 Å². The standard InChI is InChI=1S/C21H24N6O2/c1-13(2)28-18-9-16(10-19(11-18)29-14(3)4)24-21-25-20(23)27(26-21)17-7-5-15(12-22)6-8-17/h5-11,13-14H,1-4H3,(H3,23,24,25,26). The molecule has 0 aliphatic carbocycles. The van der Waals surface area contributed by atoms with Crippen molar-refractivity contribution < 1.29 is 9.47 Å². The summed E-state index contributed by atoms with van der Waals surface area (Å²) < 4.78 is 13.1. The normalized spacial score (nSPS) is 10.8. The Morgan fingerprint density at radius 3 is 2.10 bits per heavy atom. The Kier molecular flexibility index (Phi) is 5.88. The van der Waals surface area contributed by atoms with Crippen LogP contribution >= 0.6 is 0 Å². The summed E-state index contributed by atoms with van der Waals surface area (Å²) in [6.07, 6.45) is 0.0584. The van der Waals surface area contributed by atoms with Crippen LogP contribution in [0.25, 0.3) is 5.69 Å². The Hall–Kier alpha value is -3.73. The largest absolute Gasteiger partial charge is 0.491 e. The summed E-state index contributed by atoms with van der Waals surface area (Å²) in [5.41, 5.74) is 8.01. The van der Waals surface area contributed by atoms with Crippen LogP contribution in [-0.4, -0.2) is 27.0 Å². The van der Waals surface area contributed by atoms with Crippen molar-refractivity contribution in [1.82, 2.24) is 14.8 Å². The minimum atomic E-state index is 0.0292. The van der Waals surface area contributed by atoms with E-state index in [-0.39, 0.29) is 18.2 Å². The van der Waals surface area contributed by atoms with Gasteiger partial charge in [-0.05, 0) is 52.0 Å². The van der Waals surface area contributed by atoms with Gasteiger partial charge in [-0.1, -0.05) is 0 Å². The highest BCUT2D eigenvalue weighted by Crippen LogP contribution is 2.29. The first-order valence-electron chi connectivity index (χ1n) is 9.32. The summed E-state index contributed by atoms with van der Waals surface area (Å²) in [7, 11) is 0. The predicted octanol–water partition coefficient (Wildman–Crippen LogP) is 4.04. The molecule has 3 N–H and O–H groups in total. The molecular weight excluding hydrogens is 368 g/mol. The lowest BCUT2D eigenvalue weighted by molar-refractivity contribution is 0.229. The molecule has 0 atom stereocenters. The molecular formula is C21H24N6O2. The van der Waals surface area contributed by atoms with E-state index in [0.29, 0.717) is 28.7 Å². The first-order valence-corrected chi connectivity index (χ1v) is 9.32. The minimum absolute atomic E-state index is 0.0292. The number of nitrogens with two attached hydrogens (primary N) is 1. The average Bonchev–Trinajstić information content (AvgIpc) is 3.00. The topological polar surface area (TPSA) is 111 Å². The molecule has 0 radical (unpaired) electrons. The third kappa shape index (κ3) is 5.17. The minimum Gasteiger partial charge on any atom is -0.491 e. The molecule has 0 saturated heterocycles. The average molecular weight is 392 g/mol. The van der Waals surface area contributed by atoms with Crippen molar-refractivity contribution in [2.24, 2.45) is 0 Å². The smallest absolute Gasteiger partial charge is 0.248 e. The molecule has 3 aromatic rings. The fourth-order valence-corrected chi connectivity index (χ4v) is 2.70. The molecule has 0 spiro atoms. The molecule has 2 aromatic carbocycles. The fourth-order valence-electron chi connectivity index (χ4n) is 2.70. The van der Waals surface area contributed by atoms with E-state index in [1.54, 1.807) is 24.3 Å². The lowest BCUT2D eigenvalue weighted by Crippen LogP contribution is -2.08. The second kappa shape index (κ2) is 8.52. The second-order valence-electron chi connectivity index (χ2n) is 7.02. The predicted molar refractivity (Wildman–Crippen MR) is 112 cm³/mol. The highest BCUT2D eigenvalue weighted by atomic mass is 16.5. The van der Waals surface area contributed by atoms with Crippen molar-refractivity contribution in [2.45, 2.75) is 39.9 Å².